The summed E-state index contributed by atoms with van der Waals surface area (Å²) in [7, 11) is -1.19. The molecule has 1 unspecified atom stereocenters. The maximum absolute atomic E-state index is 13.0. The van der Waals surface area contributed by atoms with Crippen molar-refractivity contribution in [3.05, 3.63) is 53.5 Å². The number of aliphatic carboxylic acids is 1. The number of sulfonamides is 1. The van der Waals surface area contributed by atoms with Gasteiger partial charge in [-0.15, -0.1) is 0 Å². The van der Waals surface area contributed by atoms with Crippen LogP contribution in [-0.4, -0.2) is 50.3 Å². The molecule has 0 spiro atoms. The van der Waals surface area contributed by atoms with Gasteiger partial charge in [0.15, 0.2) is 0 Å². The van der Waals surface area contributed by atoms with Crippen LogP contribution >= 0.6 is 0 Å². The van der Waals surface area contributed by atoms with Gasteiger partial charge in [0.05, 0.1) is 11.5 Å². The number of rotatable bonds is 7. The Bertz CT molecular complexity index is 905. The summed E-state index contributed by atoms with van der Waals surface area (Å²) in [5, 5.41) is 11.3. The number of carboxylic acids is 1. The van der Waals surface area contributed by atoms with Gasteiger partial charge in [0.1, 0.15) is 12.1 Å². The summed E-state index contributed by atoms with van der Waals surface area (Å²) in [6, 6.07) is 5.95. The maximum atomic E-state index is 13.0. The molecule has 0 saturated heterocycles. The zero-order valence-corrected chi connectivity index (χ0v) is 14.8. The monoisotopic (exact) mass is 384 g/mol. The van der Waals surface area contributed by atoms with Gasteiger partial charge >= 0.3 is 5.97 Å². The molecule has 26 heavy (non-hydrogen) atoms. The number of carboxylic acid groups (broad SMARTS) is 1. The highest BCUT2D eigenvalue weighted by molar-refractivity contribution is 7.88. The van der Waals surface area contributed by atoms with E-state index in [0.29, 0.717) is 5.56 Å². The molecule has 2 rings (SSSR count). The number of benzene rings is 1. The lowest BCUT2D eigenvalue weighted by molar-refractivity contribution is -0.138. The van der Waals surface area contributed by atoms with Crippen molar-refractivity contribution in [1.29, 1.82) is 0 Å². The molecule has 10 heteroatoms. The molecule has 1 heterocycles. The Labute approximate surface area is 149 Å². The number of halogens is 1. The first kappa shape index (κ1) is 19.6. The van der Waals surface area contributed by atoms with Crippen LogP contribution in [0.5, 0.6) is 0 Å². The number of hydrogen-bond donors (Lipinski definition) is 2. The number of carbonyl (C=O) groups is 2. The van der Waals surface area contributed by atoms with Gasteiger partial charge in [-0.05, 0) is 17.7 Å². The van der Waals surface area contributed by atoms with Gasteiger partial charge in [0, 0.05) is 26.7 Å². The largest absolute Gasteiger partial charge is 0.481 e. The van der Waals surface area contributed by atoms with Gasteiger partial charge in [-0.3, -0.25) is 9.59 Å². The van der Waals surface area contributed by atoms with Crippen LogP contribution in [0.1, 0.15) is 21.8 Å². The molecule has 0 aliphatic rings. The molecule has 1 atom stereocenters. The third-order valence-corrected chi connectivity index (χ3v) is 5.29. The fourth-order valence-corrected chi connectivity index (χ4v) is 2.90. The Morgan fingerprint density at radius 2 is 1.88 bits per heavy atom. The minimum absolute atomic E-state index is 0.0614. The summed E-state index contributed by atoms with van der Waals surface area (Å²) in [4.78, 5) is 23.5. The van der Waals surface area contributed by atoms with E-state index in [0.717, 1.165) is 28.8 Å². The molecule has 0 aliphatic carbocycles. The van der Waals surface area contributed by atoms with E-state index in [1.54, 1.807) is 0 Å². The van der Waals surface area contributed by atoms with Crippen LogP contribution in [0.3, 0.4) is 0 Å². The van der Waals surface area contributed by atoms with E-state index in [4.69, 9.17) is 4.42 Å². The smallest absolute Gasteiger partial charge is 0.312 e. The average Bonchev–Trinajstić information content (AvgIpc) is 3.07. The van der Waals surface area contributed by atoms with Crippen molar-refractivity contribution >= 4 is 21.9 Å². The lowest BCUT2D eigenvalue weighted by atomic mass is 9.99. The van der Waals surface area contributed by atoms with Gasteiger partial charge in [0.25, 0.3) is 15.9 Å². The van der Waals surface area contributed by atoms with Crippen LogP contribution in [0.4, 0.5) is 4.39 Å². The minimum atomic E-state index is -3.82. The topological polar surface area (TPSA) is 117 Å². The Morgan fingerprint density at radius 1 is 1.27 bits per heavy atom. The van der Waals surface area contributed by atoms with Crippen molar-refractivity contribution in [2.45, 2.75) is 11.0 Å². The second kappa shape index (κ2) is 7.67. The molecule has 0 aliphatic heterocycles. The summed E-state index contributed by atoms with van der Waals surface area (Å²) in [5.74, 6) is -3.48. The highest BCUT2D eigenvalue weighted by Gasteiger charge is 2.25. The van der Waals surface area contributed by atoms with E-state index >= 15 is 0 Å². The Balaban J connectivity index is 2.11. The van der Waals surface area contributed by atoms with Crippen molar-refractivity contribution in [1.82, 2.24) is 9.62 Å². The number of nitrogens with one attached hydrogen (secondary N) is 1. The van der Waals surface area contributed by atoms with Gasteiger partial charge < -0.3 is 14.8 Å². The predicted molar refractivity (Wildman–Crippen MR) is 88.7 cm³/mol. The van der Waals surface area contributed by atoms with E-state index in [1.807, 2.05) is 0 Å². The predicted octanol–water partition coefficient (Wildman–Crippen LogP) is 1.27. The van der Waals surface area contributed by atoms with Crippen LogP contribution in [0.15, 0.2) is 46.1 Å². The molecule has 1 aromatic carbocycles. The van der Waals surface area contributed by atoms with Crippen molar-refractivity contribution < 1.29 is 31.9 Å². The molecule has 1 amide bonds. The average molecular weight is 384 g/mol. The van der Waals surface area contributed by atoms with Gasteiger partial charge in [-0.25, -0.2) is 17.1 Å². The van der Waals surface area contributed by atoms with Crippen LogP contribution in [0.2, 0.25) is 0 Å². The standard InChI is InChI=1S/C16H17FN2O6S/c1-19(2)26(23,24)14-7-11(9-25-14)15(20)18-8-13(16(21)22)10-3-5-12(17)6-4-10/h3-7,9,13H,8H2,1-2H3,(H,18,20)(H,21,22). The zero-order valence-electron chi connectivity index (χ0n) is 14.0. The molecule has 2 aromatic rings. The number of furan rings is 1. The van der Waals surface area contributed by atoms with Gasteiger partial charge in [-0.1, -0.05) is 12.1 Å². The molecule has 0 saturated carbocycles. The van der Waals surface area contributed by atoms with Crippen molar-refractivity contribution in [3.8, 4) is 0 Å². The van der Waals surface area contributed by atoms with Crippen molar-refractivity contribution in [2.24, 2.45) is 0 Å². The van der Waals surface area contributed by atoms with E-state index in [1.165, 1.54) is 26.2 Å². The zero-order chi connectivity index (χ0) is 19.5. The lowest BCUT2D eigenvalue weighted by Crippen LogP contribution is -2.31. The first-order valence-corrected chi connectivity index (χ1v) is 8.84. The summed E-state index contributed by atoms with van der Waals surface area (Å²) >= 11 is 0. The van der Waals surface area contributed by atoms with Crippen molar-refractivity contribution in [3.63, 3.8) is 0 Å². The van der Waals surface area contributed by atoms with E-state index < -0.39 is 38.7 Å². The third-order valence-electron chi connectivity index (χ3n) is 3.61. The first-order valence-electron chi connectivity index (χ1n) is 7.40. The van der Waals surface area contributed by atoms with Crippen molar-refractivity contribution in [2.75, 3.05) is 20.6 Å². The number of carbonyl (C=O) groups excluding carboxylic acids is 1. The van der Waals surface area contributed by atoms with Crippen LogP contribution in [0.25, 0.3) is 0 Å². The molecule has 0 radical (unpaired) electrons. The number of amides is 1. The van der Waals surface area contributed by atoms with Gasteiger partial charge in [-0.2, -0.15) is 0 Å². The molecule has 2 N–H and O–H groups in total. The lowest BCUT2D eigenvalue weighted by Gasteiger charge is -2.13. The van der Waals surface area contributed by atoms with Crippen LogP contribution in [0, 0.1) is 5.82 Å². The second-order valence-corrected chi connectivity index (χ2v) is 7.68. The summed E-state index contributed by atoms with van der Waals surface area (Å²) < 4.78 is 42.7. The second-order valence-electron chi connectivity index (χ2n) is 5.59. The first-order chi connectivity index (χ1) is 12.1. The molecule has 8 nitrogen and oxygen atoms in total. The third kappa shape index (κ3) is 4.27. The normalized spacial score (nSPS) is 12.8. The van der Waals surface area contributed by atoms with Crippen LogP contribution in [-0.2, 0) is 14.8 Å². The summed E-state index contributed by atoms with van der Waals surface area (Å²) in [6.45, 7) is -0.263. The molecule has 1 aromatic heterocycles. The fraction of sp³-hybridized carbons (Fsp3) is 0.250. The molecule has 0 bridgehead atoms. The molecule has 140 valence electrons. The Kier molecular flexibility index (Phi) is 5.78. The Morgan fingerprint density at radius 3 is 2.42 bits per heavy atom. The maximum Gasteiger partial charge on any atom is 0.312 e. The summed E-state index contributed by atoms with van der Waals surface area (Å²) in [6.07, 6.45) is 0.972. The number of hydrogen-bond acceptors (Lipinski definition) is 5. The molecular formula is C16H17FN2O6S. The SMILES string of the molecule is CN(C)S(=O)(=O)c1cc(C(=O)NCC(C(=O)O)c2ccc(F)cc2)co1. The number of nitrogens with zero attached hydrogens (tertiary/aromatic N) is 1. The van der Waals surface area contributed by atoms with Gasteiger partial charge in [0.2, 0.25) is 5.09 Å². The summed E-state index contributed by atoms with van der Waals surface area (Å²) in [5.41, 5.74) is 0.260. The van der Waals surface area contributed by atoms with E-state index in [9.17, 15) is 27.5 Å². The fourth-order valence-electron chi connectivity index (χ4n) is 2.09. The van der Waals surface area contributed by atoms with E-state index in [-0.39, 0.29) is 12.1 Å². The van der Waals surface area contributed by atoms with E-state index in [2.05, 4.69) is 5.32 Å². The highest BCUT2D eigenvalue weighted by Crippen LogP contribution is 2.18. The molecule has 0 fully saturated rings. The quantitative estimate of drug-likeness (QED) is 0.742. The molecular weight excluding hydrogens is 367 g/mol. The Hall–Kier alpha value is -2.72. The van der Waals surface area contributed by atoms with Crippen LogP contribution < -0.4 is 5.32 Å². The minimum Gasteiger partial charge on any atom is -0.481 e. The highest BCUT2D eigenvalue weighted by atomic mass is 32.2.